The van der Waals surface area contributed by atoms with E-state index in [0.717, 1.165) is 23.0 Å². The lowest BCUT2D eigenvalue weighted by molar-refractivity contribution is 0.109. The van der Waals surface area contributed by atoms with Crippen molar-refractivity contribution in [3.8, 4) is 0 Å². The Kier molecular flexibility index (Phi) is 3.08. The molecule has 1 nitrogen and oxygen atoms in total. The molecule has 0 aromatic heterocycles. The average Bonchev–Trinajstić information content (AvgIpc) is 2.95. The van der Waals surface area contributed by atoms with Crippen LogP contribution in [0.25, 0.3) is 0 Å². The fourth-order valence-corrected chi connectivity index (χ4v) is 1.49. The van der Waals surface area contributed by atoms with Crippen LogP contribution in [-0.2, 0) is 11.3 Å². The summed E-state index contributed by atoms with van der Waals surface area (Å²) < 4.78 is 18.3. The normalized spacial score (nSPS) is 15.9. The van der Waals surface area contributed by atoms with Crippen LogP contribution >= 0.6 is 12.6 Å². The molecule has 0 saturated heterocycles. The number of rotatable bonds is 4. The van der Waals surface area contributed by atoms with Crippen molar-refractivity contribution in [3.05, 3.63) is 29.6 Å². The molecule has 1 aromatic rings. The van der Waals surface area contributed by atoms with Crippen LogP contribution in [0.2, 0.25) is 0 Å². The number of benzene rings is 1. The second-order valence-corrected chi connectivity index (χ2v) is 4.21. The Morgan fingerprint density at radius 1 is 1.43 bits per heavy atom. The first-order valence-corrected chi connectivity index (χ1v) is 5.25. The Hall–Kier alpha value is -0.540. The molecule has 0 bridgehead atoms. The highest BCUT2D eigenvalue weighted by Crippen LogP contribution is 2.29. The van der Waals surface area contributed by atoms with Crippen molar-refractivity contribution in [2.75, 3.05) is 6.61 Å². The number of thiol groups is 1. The van der Waals surface area contributed by atoms with Crippen molar-refractivity contribution >= 4 is 12.6 Å². The Morgan fingerprint density at radius 3 is 2.93 bits per heavy atom. The fourth-order valence-electron chi connectivity index (χ4n) is 1.29. The Labute approximate surface area is 88.7 Å². The SMILES string of the molecule is Fc1ccc(S)c(COCC2CC2)c1. The summed E-state index contributed by atoms with van der Waals surface area (Å²) in [6, 6.07) is 4.55. The summed E-state index contributed by atoms with van der Waals surface area (Å²) >= 11 is 4.24. The van der Waals surface area contributed by atoms with E-state index in [1.807, 2.05) is 0 Å². The van der Waals surface area contributed by atoms with E-state index in [1.165, 1.54) is 25.0 Å². The summed E-state index contributed by atoms with van der Waals surface area (Å²) in [5.41, 5.74) is 0.828. The average molecular weight is 212 g/mol. The van der Waals surface area contributed by atoms with Gasteiger partial charge in [0.2, 0.25) is 0 Å². The van der Waals surface area contributed by atoms with E-state index in [9.17, 15) is 4.39 Å². The maximum Gasteiger partial charge on any atom is 0.123 e. The van der Waals surface area contributed by atoms with Crippen molar-refractivity contribution < 1.29 is 9.13 Å². The molecule has 0 amide bonds. The predicted molar refractivity (Wildman–Crippen MR) is 56.0 cm³/mol. The minimum atomic E-state index is -0.229. The topological polar surface area (TPSA) is 9.23 Å². The first-order chi connectivity index (χ1) is 6.75. The second kappa shape index (κ2) is 4.32. The van der Waals surface area contributed by atoms with Gasteiger partial charge in [0, 0.05) is 11.5 Å². The van der Waals surface area contributed by atoms with E-state index in [2.05, 4.69) is 12.6 Å². The van der Waals surface area contributed by atoms with Gasteiger partial charge >= 0.3 is 0 Å². The fraction of sp³-hybridized carbons (Fsp3) is 0.455. The van der Waals surface area contributed by atoms with Gasteiger partial charge in [-0.3, -0.25) is 0 Å². The first-order valence-electron chi connectivity index (χ1n) is 4.81. The third kappa shape index (κ3) is 2.72. The molecule has 0 N–H and O–H groups in total. The highest BCUT2D eigenvalue weighted by molar-refractivity contribution is 7.80. The molecule has 3 heteroatoms. The minimum absolute atomic E-state index is 0.229. The van der Waals surface area contributed by atoms with Gasteiger partial charge in [-0.2, -0.15) is 0 Å². The van der Waals surface area contributed by atoms with Crippen molar-refractivity contribution in [3.63, 3.8) is 0 Å². The van der Waals surface area contributed by atoms with Gasteiger partial charge in [-0.1, -0.05) is 0 Å². The van der Waals surface area contributed by atoms with Crippen LogP contribution in [0.4, 0.5) is 4.39 Å². The summed E-state index contributed by atoms with van der Waals surface area (Å²) in [4.78, 5) is 0.794. The Morgan fingerprint density at radius 2 is 2.21 bits per heavy atom. The number of halogens is 1. The molecule has 0 heterocycles. The van der Waals surface area contributed by atoms with E-state index in [4.69, 9.17) is 4.74 Å². The molecule has 14 heavy (non-hydrogen) atoms. The molecule has 1 saturated carbocycles. The third-order valence-electron chi connectivity index (χ3n) is 2.35. The van der Waals surface area contributed by atoms with Gasteiger partial charge in [-0.25, -0.2) is 4.39 Å². The summed E-state index contributed by atoms with van der Waals surface area (Å²) in [7, 11) is 0. The third-order valence-corrected chi connectivity index (χ3v) is 2.79. The van der Waals surface area contributed by atoms with Gasteiger partial charge in [-0.15, -0.1) is 12.6 Å². The van der Waals surface area contributed by atoms with E-state index in [0.29, 0.717) is 6.61 Å². The van der Waals surface area contributed by atoms with E-state index < -0.39 is 0 Å². The summed E-state index contributed by atoms with van der Waals surface area (Å²) in [6.45, 7) is 1.26. The second-order valence-electron chi connectivity index (χ2n) is 3.73. The molecule has 2 rings (SSSR count). The lowest BCUT2D eigenvalue weighted by Gasteiger charge is -2.06. The van der Waals surface area contributed by atoms with Gasteiger partial charge in [0.05, 0.1) is 6.61 Å². The molecule has 1 fully saturated rings. The molecule has 0 atom stereocenters. The molecule has 1 aliphatic rings. The van der Waals surface area contributed by atoms with E-state index in [-0.39, 0.29) is 5.82 Å². The van der Waals surface area contributed by atoms with Crippen LogP contribution in [-0.4, -0.2) is 6.61 Å². The number of ether oxygens (including phenoxy) is 1. The van der Waals surface area contributed by atoms with Gasteiger partial charge < -0.3 is 4.74 Å². The van der Waals surface area contributed by atoms with Crippen molar-refractivity contribution in [2.45, 2.75) is 24.3 Å². The Bertz CT molecular complexity index is 323. The highest BCUT2D eigenvalue weighted by atomic mass is 32.1. The smallest absolute Gasteiger partial charge is 0.123 e. The van der Waals surface area contributed by atoms with Crippen molar-refractivity contribution in [1.82, 2.24) is 0 Å². The molecule has 1 aliphatic carbocycles. The van der Waals surface area contributed by atoms with Gasteiger partial charge in [0.1, 0.15) is 5.82 Å². The zero-order chi connectivity index (χ0) is 9.97. The van der Waals surface area contributed by atoms with Crippen LogP contribution in [0.1, 0.15) is 18.4 Å². The van der Waals surface area contributed by atoms with Crippen molar-refractivity contribution in [2.24, 2.45) is 5.92 Å². The minimum Gasteiger partial charge on any atom is -0.376 e. The monoisotopic (exact) mass is 212 g/mol. The molecule has 0 radical (unpaired) electrons. The standard InChI is InChI=1S/C11H13FOS/c12-10-3-4-11(14)9(5-10)7-13-6-8-1-2-8/h3-5,8,14H,1-2,6-7H2. The molecule has 76 valence electrons. The lowest BCUT2D eigenvalue weighted by atomic mass is 10.2. The molecule has 0 unspecified atom stereocenters. The van der Waals surface area contributed by atoms with Crippen molar-refractivity contribution in [1.29, 1.82) is 0 Å². The van der Waals surface area contributed by atoms with Gasteiger partial charge in [-0.05, 0) is 42.5 Å². The van der Waals surface area contributed by atoms with Crippen LogP contribution in [0.15, 0.2) is 23.1 Å². The number of hydrogen-bond donors (Lipinski definition) is 1. The first kappa shape index (κ1) is 9.99. The summed E-state index contributed by atoms with van der Waals surface area (Å²) in [5, 5.41) is 0. The van der Waals surface area contributed by atoms with Gasteiger partial charge in [0.25, 0.3) is 0 Å². The highest BCUT2D eigenvalue weighted by Gasteiger charge is 2.21. The van der Waals surface area contributed by atoms with Crippen LogP contribution in [0.3, 0.4) is 0 Å². The zero-order valence-electron chi connectivity index (χ0n) is 7.87. The molecule has 0 spiro atoms. The predicted octanol–water partition coefficient (Wildman–Crippen LogP) is 3.04. The quantitative estimate of drug-likeness (QED) is 0.755. The maximum absolute atomic E-state index is 12.9. The molecule has 1 aromatic carbocycles. The number of hydrogen-bond acceptors (Lipinski definition) is 2. The largest absolute Gasteiger partial charge is 0.376 e. The van der Waals surface area contributed by atoms with Crippen LogP contribution in [0, 0.1) is 11.7 Å². The van der Waals surface area contributed by atoms with Gasteiger partial charge in [0.15, 0.2) is 0 Å². The van der Waals surface area contributed by atoms with E-state index >= 15 is 0 Å². The molecule has 0 aliphatic heterocycles. The lowest BCUT2D eigenvalue weighted by Crippen LogP contribution is -1.98. The van der Waals surface area contributed by atoms with Crippen LogP contribution in [0.5, 0.6) is 0 Å². The summed E-state index contributed by atoms with van der Waals surface area (Å²) in [6.07, 6.45) is 2.55. The zero-order valence-corrected chi connectivity index (χ0v) is 8.77. The molecular weight excluding hydrogens is 199 g/mol. The Balaban J connectivity index is 1.89. The van der Waals surface area contributed by atoms with E-state index in [1.54, 1.807) is 6.07 Å². The maximum atomic E-state index is 12.9. The summed E-state index contributed by atoms with van der Waals surface area (Å²) in [5.74, 6) is 0.514. The molecular formula is C11H13FOS. The van der Waals surface area contributed by atoms with Crippen LogP contribution < -0.4 is 0 Å².